The third kappa shape index (κ3) is 10.4. The van der Waals surface area contributed by atoms with E-state index in [-0.39, 0.29) is 40.7 Å². The second-order valence-corrected chi connectivity index (χ2v) is 22.2. The molecule has 1 amide bonds. The number of nitrogens with zero attached hydrogens (tertiary/aromatic N) is 6. The number of hydrogen-bond donors (Lipinski definition) is 2. The number of pyridine rings is 1. The smallest absolute Gasteiger partial charge is 0.277 e. The molecule has 3 saturated heterocycles. The molecule has 364 valence electrons. The number of piperazine rings is 2. The number of aromatic nitrogens is 2. The molecule has 0 spiro atoms. The van der Waals surface area contributed by atoms with E-state index in [4.69, 9.17) is 25.8 Å². The lowest BCUT2D eigenvalue weighted by Gasteiger charge is -2.47. The van der Waals surface area contributed by atoms with E-state index in [9.17, 15) is 23.3 Å². The third-order valence-electron chi connectivity index (χ3n) is 14.6. The number of carbonyl (C=O) groups is 1. The average Bonchev–Trinajstić information content (AvgIpc) is 3.78. The van der Waals surface area contributed by atoms with E-state index in [0.717, 1.165) is 107 Å². The number of anilines is 1. The van der Waals surface area contributed by atoms with Crippen LogP contribution in [0.3, 0.4) is 0 Å². The van der Waals surface area contributed by atoms with Crippen LogP contribution in [0.25, 0.3) is 16.6 Å². The summed E-state index contributed by atoms with van der Waals surface area (Å²) in [4.78, 5) is 42.7. The van der Waals surface area contributed by atoms with E-state index in [1.807, 2.05) is 18.2 Å². The van der Waals surface area contributed by atoms with Crippen molar-refractivity contribution in [1.82, 2.24) is 29.4 Å². The number of fused-ring (bicyclic) bond motifs is 2. The SMILES string of the molecule is C[C@@H]1CN(C[C@@H]2COc3cc(S(=O)(=O)NC(=O)c4ccc(N5CCN(CC6=C(c7ccc(Cl)cc7)CC(C)(C)CC6)CC5)cc4Oc4cnc5[nH]ccc5c4)cc([N+](=O)[O-])c3C2)CCN1C1COC1. The lowest BCUT2D eigenvalue weighted by Crippen LogP contribution is -2.61. The lowest BCUT2D eigenvalue weighted by atomic mass is 9.72. The molecule has 2 aromatic heterocycles. The summed E-state index contributed by atoms with van der Waals surface area (Å²) in [6.45, 7) is 16.0. The number of nitro benzene ring substituents is 1. The fraction of sp³-hybridized carbons (Fsp3) is 0.451. The van der Waals surface area contributed by atoms with Crippen molar-refractivity contribution in [1.29, 1.82) is 0 Å². The molecule has 0 unspecified atom stereocenters. The molecule has 18 heteroatoms. The molecule has 10 rings (SSSR count). The maximum atomic E-state index is 14.2. The van der Waals surface area contributed by atoms with Gasteiger partial charge in [0.1, 0.15) is 22.9 Å². The largest absolute Gasteiger partial charge is 0.493 e. The van der Waals surface area contributed by atoms with Crippen LogP contribution in [0.2, 0.25) is 5.02 Å². The molecule has 5 aromatic rings. The highest BCUT2D eigenvalue weighted by Crippen LogP contribution is 2.44. The Morgan fingerprint density at radius 2 is 1.78 bits per heavy atom. The number of halogens is 1. The first-order chi connectivity index (χ1) is 33.1. The first-order valence-corrected chi connectivity index (χ1v) is 25.8. The number of nitrogens with one attached hydrogen (secondary N) is 2. The van der Waals surface area contributed by atoms with Gasteiger partial charge in [-0.15, -0.1) is 0 Å². The number of H-pyrrole nitrogens is 1. The minimum absolute atomic E-state index is 0.0245. The van der Waals surface area contributed by atoms with Gasteiger partial charge in [0.15, 0.2) is 0 Å². The summed E-state index contributed by atoms with van der Waals surface area (Å²) in [5.41, 5.74) is 5.73. The van der Waals surface area contributed by atoms with Gasteiger partial charge in [-0.05, 0) is 85.6 Å². The van der Waals surface area contributed by atoms with Gasteiger partial charge in [0, 0.05) is 111 Å². The quantitative estimate of drug-likeness (QED) is 0.0866. The maximum absolute atomic E-state index is 14.2. The van der Waals surface area contributed by atoms with Crippen molar-refractivity contribution in [3.05, 3.63) is 117 Å². The van der Waals surface area contributed by atoms with E-state index >= 15 is 0 Å². The molecule has 4 aliphatic heterocycles. The Bertz CT molecular complexity index is 2900. The number of hydrogen-bond acceptors (Lipinski definition) is 13. The zero-order valence-electron chi connectivity index (χ0n) is 39.3. The summed E-state index contributed by atoms with van der Waals surface area (Å²) in [5, 5.41) is 14.0. The second-order valence-electron chi connectivity index (χ2n) is 20.1. The van der Waals surface area contributed by atoms with Gasteiger partial charge in [0.05, 0.1) is 53.0 Å². The Morgan fingerprint density at radius 1 is 1.00 bits per heavy atom. The van der Waals surface area contributed by atoms with E-state index < -0.39 is 25.7 Å². The van der Waals surface area contributed by atoms with Gasteiger partial charge >= 0.3 is 0 Å². The van der Waals surface area contributed by atoms with Crippen molar-refractivity contribution < 1.29 is 32.3 Å². The zero-order valence-corrected chi connectivity index (χ0v) is 40.9. The molecule has 3 aromatic carbocycles. The third-order valence-corrected chi connectivity index (χ3v) is 16.1. The van der Waals surface area contributed by atoms with Gasteiger partial charge in [-0.1, -0.05) is 43.2 Å². The molecular weight excluding hydrogens is 920 g/mol. The van der Waals surface area contributed by atoms with Crippen LogP contribution in [-0.2, 0) is 21.2 Å². The molecule has 5 aliphatic rings. The van der Waals surface area contributed by atoms with Crippen LogP contribution in [0, 0.1) is 21.4 Å². The Labute approximate surface area is 407 Å². The van der Waals surface area contributed by atoms with Crippen LogP contribution in [0.5, 0.6) is 17.2 Å². The fourth-order valence-electron chi connectivity index (χ4n) is 10.7. The van der Waals surface area contributed by atoms with Crippen LogP contribution >= 0.6 is 11.6 Å². The summed E-state index contributed by atoms with van der Waals surface area (Å²) in [6.07, 6.45) is 6.84. The van der Waals surface area contributed by atoms with E-state index in [2.05, 4.69) is 67.2 Å². The van der Waals surface area contributed by atoms with Gasteiger partial charge in [0.2, 0.25) is 0 Å². The van der Waals surface area contributed by atoms with Crippen molar-refractivity contribution in [2.45, 2.75) is 63.4 Å². The fourth-order valence-corrected chi connectivity index (χ4v) is 11.8. The lowest BCUT2D eigenvalue weighted by molar-refractivity contribution is -0.386. The van der Waals surface area contributed by atoms with Crippen LogP contribution in [0.1, 0.15) is 61.5 Å². The number of benzene rings is 3. The van der Waals surface area contributed by atoms with Gasteiger partial charge in [0.25, 0.3) is 21.6 Å². The van der Waals surface area contributed by atoms with Gasteiger partial charge in [-0.3, -0.25) is 24.7 Å². The van der Waals surface area contributed by atoms with Crippen molar-refractivity contribution in [2.75, 3.05) is 83.6 Å². The van der Waals surface area contributed by atoms with Crippen LogP contribution < -0.4 is 19.1 Å². The average molecular weight is 980 g/mol. The second kappa shape index (κ2) is 19.3. The molecule has 0 radical (unpaired) electrons. The molecular formula is C51H59ClN8O8S. The number of aromatic amines is 1. The summed E-state index contributed by atoms with van der Waals surface area (Å²) in [6, 6.07) is 20.0. The number of sulfonamides is 1. The highest BCUT2D eigenvalue weighted by molar-refractivity contribution is 7.90. The number of carbonyl (C=O) groups excluding carboxylic acids is 1. The number of allylic oxidation sites excluding steroid dienone is 1. The van der Waals surface area contributed by atoms with Crippen molar-refractivity contribution >= 4 is 55.5 Å². The normalized spacial score (nSPS) is 21.7. The molecule has 1 aliphatic carbocycles. The standard InChI is InChI=1S/C51H59ClN8O8S/c1-33-27-57(16-19-59(33)40-31-66-32-40)28-34-20-44-46(60(62)63)23-42(24-47(44)67-30-34)69(64,65)55-50(61)43-9-8-39(22-48(43)68-41-21-36-11-13-53-49(36)54-26-41)58-17-14-56(15-18-58)29-37-10-12-51(2,3)25-45(37)35-4-6-38(52)7-5-35/h4-9,11,13,21-24,26,33-34,40H,10,12,14-20,25,27-32H2,1-3H3,(H,53,54)(H,55,61)/t33-,34-/m1/s1. The molecule has 2 N–H and O–H groups in total. The number of ether oxygens (including phenoxy) is 3. The minimum Gasteiger partial charge on any atom is -0.493 e. The van der Waals surface area contributed by atoms with Crippen molar-refractivity contribution in [3.8, 4) is 17.2 Å². The first-order valence-electron chi connectivity index (χ1n) is 23.9. The van der Waals surface area contributed by atoms with Crippen LogP contribution in [0.15, 0.2) is 89.6 Å². The Balaban J connectivity index is 0.850. The topological polar surface area (TPSA) is 176 Å². The van der Waals surface area contributed by atoms with Gasteiger partial charge < -0.3 is 29.0 Å². The Hall–Kier alpha value is -5.56. The van der Waals surface area contributed by atoms with E-state index in [1.54, 1.807) is 30.5 Å². The summed E-state index contributed by atoms with van der Waals surface area (Å²) in [7, 11) is -4.64. The molecule has 0 saturated carbocycles. The summed E-state index contributed by atoms with van der Waals surface area (Å²) >= 11 is 6.26. The van der Waals surface area contributed by atoms with E-state index in [0.29, 0.717) is 42.0 Å². The highest BCUT2D eigenvalue weighted by atomic mass is 35.5. The highest BCUT2D eigenvalue weighted by Gasteiger charge is 2.37. The molecule has 2 atom stereocenters. The minimum atomic E-state index is -4.64. The van der Waals surface area contributed by atoms with Crippen molar-refractivity contribution in [2.24, 2.45) is 11.3 Å². The maximum Gasteiger partial charge on any atom is 0.277 e. The monoisotopic (exact) mass is 978 g/mol. The number of rotatable bonds is 13. The summed E-state index contributed by atoms with van der Waals surface area (Å²) < 4.78 is 48.1. The Kier molecular flexibility index (Phi) is 13.2. The molecule has 6 heterocycles. The molecule has 16 nitrogen and oxygen atoms in total. The molecule has 69 heavy (non-hydrogen) atoms. The van der Waals surface area contributed by atoms with E-state index in [1.165, 1.54) is 29.0 Å². The van der Waals surface area contributed by atoms with Gasteiger partial charge in [-0.25, -0.2) is 18.1 Å². The van der Waals surface area contributed by atoms with Crippen LogP contribution in [0.4, 0.5) is 11.4 Å². The van der Waals surface area contributed by atoms with Gasteiger partial charge in [-0.2, -0.15) is 0 Å². The first kappa shape index (κ1) is 47.1. The van der Waals surface area contributed by atoms with Crippen molar-refractivity contribution in [3.63, 3.8) is 0 Å². The zero-order chi connectivity index (χ0) is 48.0. The molecule has 0 bridgehead atoms. The number of nitro groups is 1. The number of amides is 1. The molecule has 3 fully saturated rings. The predicted octanol–water partition coefficient (Wildman–Crippen LogP) is 7.78. The predicted molar refractivity (Wildman–Crippen MR) is 265 cm³/mol. The Morgan fingerprint density at radius 3 is 2.52 bits per heavy atom. The van der Waals surface area contributed by atoms with Crippen LogP contribution in [-0.4, -0.2) is 135 Å². The summed E-state index contributed by atoms with van der Waals surface area (Å²) in [5.74, 6) is -0.385.